The van der Waals surface area contributed by atoms with Crippen LogP contribution in [0.3, 0.4) is 0 Å². The Hall–Kier alpha value is -2.75. The molecule has 6 nitrogen and oxygen atoms in total. The second kappa shape index (κ2) is 6.63. The largest absolute Gasteiger partial charge is 0.433 e. The van der Waals surface area contributed by atoms with Gasteiger partial charge in [-0.15, -0.1) is 0 Å². The van der Waals surface area contributed by atoms with E-state index in [9.17, 15) is 18.0 Å². The Morgan fingerprint density at radius 1 is 1.40 bits per heavy atom. The number of amides is 1. The van der Waals surface area contributed by atoms with Crippen LogP contribution in [0.2, 0.25) is 0 Å². The van der Waals surface area contributed by atoms with Crippen LogP contribution >= 0.6 is 11.8 Å². The predicted molar refractivity (Wildman–Crippen MR) is 106 cm³/mol. The standard InChI is InChI=1S/C20H17F3N4O2S/c1-8-2-10(29-18(22)23)7-25-16(8)17(28)26-9-3-12-11(14(21)4-9)6-20(12)13-5-15(13)30-19(24)27-20/h2-4,7,13,15,18H,5-6H2,1H3,(H2,24,27)(H,26,28)/t13-,15+,20-/m1/s1. The fourth-order valence-corrected chi connectivity index (χ4v) is 5.59. The number of nitrogens with zero attached hydrogens (tertiary/aromatic N) is 2. The first-order chi connectivity index (χ1) is 14.3. The van der Waals surface area contributed by atoms with Crippen LogP contribution in [-0.2, 0) is 12.0 Å². The zero-order valence-electron chi connectivity index (χ0n) is 15.8. The number of aryl methyl sites for hydroxylation is 1. The summed E-state index contributed by atoms with van der Waals surface area (Å²) in [5, 5.41) is 3.58. The molecule has 1 spiro atoms. The molecule has 2 aliphatic carbocycles. The number of nitrogens with two attached hydrogens (primary N) is 1. The van der Waals surface area contributed by atoms with E-state index in [0.717, 1.165) is 18.2 Å². The molecule has 1 aromatic heterocycles. The van der Waals surface area contributed by atoms with Gasteiger partial charge in [-0.05, 0) is 48.2 Å². The minimum atomic E-state index is -2.98. The summed E-state index contributed by atoms with van der Waals surface area (Å²) in [6.07, 6.45) is 2.55. The lowest BCUT2D eigenvalue weighted by molar-refractivity contribution is -0.0501. The summed E-state index contributed by atoms with van der Waals surface area (Å²) in [7, 11) is 0. The zero-order chi connectivity index (χ0) is 21.2. The highest BCUT2D eigenvalue weighted by Crippen LogP contribution is 2.63. The van der Waals surface area contributed by atoms with E-state index in [1.165, 1.54) is 12.1 Å². The smallest absolute Gasteiger partial charge is 0.387 e. The number of aliphatic imine (C=N–C) groups is 1. The number of hydrogen-bond donors (Lipinski definition) is 2. The van der Waals surface area contributed by atoms with Crippen molar-refractivity contribution < 1.29 is 22.7 Å². The minimum absolute atomic E-state index is 0.0352. The number of pyridine rings is 1. The molecule has 1 aliphatic heterocycles. The molecule has 1 saturated carbocycles. The minimum Gasteiger partial charge on any atom is -0.433 e. The molecule has 2 heterocycles. The van der Waals surface area contributed by atoms with Gasteiger partial charge < -0.3 is 15.8 Å². The first-order valence-corrected chi connectivity index (χ1v) is 10.2. The molecule has 2 aromatic rings. The van der Waals surface area contributed by atoms with Gasteiger partial charge in [-0.1, -0.05) is 11.8 Å². The molecule has 0 saturated heterocycles. The molecule has 156 valence electrons. The van der Waals surface area contributed by atoms with E-state index < -0.39 is 23.9 Å². The molecule has 3 N–H and O–H groups in total. The van der Waals surface area contributed by atoms with Crippen molar-refractivity contribution in [3.05, 3.63) is 52.6 Å². The second-order valence-corrected chi connectivity index (χ2v) is 8.96. The third kappa shape index (κ3) is 3.01. The van der Waals surface area contributed by atoms with Crippen molar-refractivity contribution in [3.8, 4) is 5.75 Å². The predicted octanol–water partition coefficient (Wildman–Crippen LogP) is 3.58. The number of halogens is 3. The van der Waals surface area contributed by atoms with Gasteiger partial charge in [0.15, 0.2) is 5.17 Å². The van der Waals surface area contributed by atoms with Crippen molar-refractivity contribution in [1.82, 2.24) is 4.98 Å². The molecule has 0 unspecified atom stereocenters. The van der Waals surface area contributed by atoms with Gasteiger partial charge in [0.2, 0.25) is 0 Å². The van der Waals surface area contributed by atoms with Crippen molar-refractivity contribution >= 4 is 28.5 Å². The number of carbonyl (C=O) groups excluding carboxylic acids is 1. The maximum atomic E-state index is 14.6. The van der Waals surface area contributed by atoms with Gasteiger partial charge in [-0.3, -0.25) is 9.79 Å². The number of anilines is 1. The molecule has 1 aromatic carbocycles. The Morgan fingerprint density at radius 3 is 2.93 bits per heavy atom. The molecule has 1 amide bonds. The first kappa shape index (κ1) is 19.2. The Balaban J connectivity index is 1.41. The topological polar surface area (TPSA) is 89.6 Å². The van der Waals surface area contributed by atoms with Crippen LogP contribution in [0.5, 0.6) is 5.75 Å². The van der Waals surface area contributed by atoms with Gasteiger partial charge in [-0.2, -0.15) is 8.78 Å². The molecule has 3 aliphatic rings. The number of amidine groups is 1. The van der Waals surface area contributed by atoms with Gasteiger partial charge in [0, 0.05) is 23.3 Å². The maximum Gasteiger partial charge on any atom is 0.387 e. The average Bonchev–Trinajstić information content (AvgIpc) is 3.41. The van der Waals surface area contributed by atoms with E-state index >= 15 is 0 Å². The summed E-state index contributed by atoms with van der Waals surface area (Å²) >= 11 is 1.56. The number of thioether (sulfide) groups is 1. The molecule has 30 heavy (non-hydrogen) atoms. The van der Waals surface area contributed by atoms with E-state index in [2.05, 4.69) is 20.0 Å². The van der Waals surface area contributed by atoms with Crippen LogP contribution < -0.4 is 15.8 Å². The Labute approximate surface area is 174 Å². The van der Waals surface area contributed by atoms with Crippen molar-refractivity contribution in [3.63, 3.8) is 0 Å². The Kier molecular flexibility index (Phi) is 4.25. The number of aromatic nitrogens is 1. The highest BCUT2D eigenvalue weighted by molar-refractivity contribution is 8.14. The van der Waals surface area contributed by atoms with Crippen molar-refractivity contribution in [2.24, 2.45) is 16.6 Å². The maximum absolute atomic E-state index is 14.6. The van der Waals surface area contributed by atoms with E-state index in [0.29, 0.717) is 33.9 Å². The van der Waals surface area contributed by atoms with E-state index in [1.807, 2.05) is 0 Å². The SMILES string of the molecule is Cc1cc(OC(F)F)cnc1C(=O)Nc1cc(F)c2c(c1)[C@@]1(C2)N=C(N)S[C@H]2C[C@H]21. The molecule has 5 rings (SSSR count). The number of hydrogen-bond acceptors (Lipinski definition) is 6. The average molecular weight is 434 g/mol. The van der Waals surface area contributed by atoms with Gasteiger partial charge in [0.1, 0.15) is 17.3 Å². The number of rotatable bonds is 4. The number of ether oxygens (including phenoxy) is 1. The van der Waals surface area contributed by atoms with E-state index in [4.69, 9.17) is 5.73 Å². The highest BCUT2D eigenvalue weighted by Gasteiger charge is 2.62. The highest BCUT2D eigenvalue weighted by atomic mass is 32.2. The summed E-state index contributed by atoms with van der Waals surface area (Å²) in [5.41, 5.74) is 7.51. The Morgan fingerprint density at radius 2 is 2.20 bits per heavy atom. The van der Waals surface area contributed by atoms with Crippen LogP contribution in [0, 0.1) is 18.7 Å². The Bertz CT molecular complexity index is 1110. The fraction of sp³-hybridized carbons (Fsp3) is 0.350. The molecule has 1 fully saturated rings. The van der Waals surface area contributed by atoms with Crippen LogP contribution in [0.4, 0.5) is 18.9 Å². The van der Waals surface area contributed by atoms with E-state index in [-0.39, 0.29) is 17.1 Å². The normalized spacial score (nSPS) is 25.8. The molecule has 0 radical (unpaired) electrons. The lowest BCUT2D eigenvalue weighted by Gasteiger charge is -2.43. The molecular weight excluding hydrogens is 417 g/mol. The molecule has 0 bridgehead atoms. The molecule has 10 heteroatoms. The lowest BCUT2D eigenvalue weighted by atomic mass is 9.67. The summed E-state index contributed by atoms with van der Waals surface area (Å²) < 4.78 is 43.6. The molecule has 3 atom stereocenters. The number of alkyl halides is 2. The molecular formula is C20H17F3N4O2S. The van der Waals surface area contributed by atoms with Gasteiger partial charge in [0.05, 0.1) is 11.7 Å². The van der Waals surface area contributed by atoms with Crippen LogP contribution in [0.1, 0.15) is 33.6 Å². The van der Waals surface area contributed by atoms with Gasteiger partial charge in [0.25, 0.3) is 5.91 Å². The van der Waals surface area contributed by atoms with Gasteiger partial charge in [-0.25, -0.2) is 9.37 Å². The number of nitrogens with one attached hydrogen (secondary N) is 1. The summed E-state index contributed by atoms with van der Waals surface area (Å²) in [4.78, 5) is 21.2. The number of fused-ring (bicyclic) bond motifs is 4. The summed E-state index contributed by atoms with van der Waals surface area (Å²) in [6.45, 7) is -1.43. The first-order valence-electron chi connectivity index (χ1n) is 9.34. The summed E-state index contributed by atoms with van der Waals surface area (Å²) in [6, 6.07) is 4.31. The fourth-order valence-electron chi connectivity index (χ4n) is 4.37. The van der Waals surface area contributed by atoms with Crippen molar-refractivity contribution in [2.45, 2.75) is 37.2 Å². The number of carbonyl (C=O) groups is 1. The van der Waals surface area contributed by atoms with Gasteiger partial charge >= 0.3 is 6.61 Å². The van der Waals surface area contributed by atoms with Crippen LogP contribution in [0.25, 0.3) is 0 Å². The van der Waals surface area contributed by atoms with Crippen molar-refractivity contribution in [1.29, 1.82) is 0 Å². The summed E-state index contributed by atoms with van der Waals surface area (Å²) in [5.74, 6) is -0.782. The monoisotopic (exact) mass is 434 g/mol. The van der Waals surface area contributed by atoms with E-state index in [1.54, 1.807) is 24.8 Å². The zero-order valence-corrected chi connectivity index (χ0v) is 16.6. The van der Waals surface area contributed by atoms with Crippen molar-refractivity contribution in [2.75, 3.05) is 5.32 Å². The third-order valence-corrected chi connectivity index (χ3v) is 6.94. The van der Waals surface area contributed by atoms with Crippen LogP contribution in [0.15, 0.2) is 29.4 Å². The quantitative estimate of drug-likeness (QED) is 0.768. The lowest BCUT2D eigenvalue weighted by Crippen LogP contribution is -2.44. The number of benzene rings is 1. The van der Waals surface area contributed by atoms with Crippen LogP contribution in [-0.4, -0.2) is 27.9 Å². The third-order valence-electron chi connectivity index (χ3n) is 5.79. The second-order valence-electron chi connectivity index (χ2n) is 7.70.